The summed E-state index contributed by atoms with van der Waals surface area (Å²) in [5, 5.41) is 0. The van der Waals surface area contributed by atoms with E-state index in [1.807, 2.05) is 0 Å². The normalized spacial score (nSPS) is 47.1. The van der Waals surface area contributed by atoms with Gasteiger partial charge in [-0.3, -0.25) is 0 Å². The molecule has 2 rings (SSSR count). The predicted octanol–water partition coefficient (Wildman–Crippen LogP) is 3.41. The summed E-state index contributed by atoms with van der Waals surface area (Å²) < 4.78 is 5.64. The minimum Gasteiger partial charge on any atom is -0.362 e. The molecule has 0 heterocycles. The Labute approximate surface area is 85.8 Å². The summed E-state index contributed by atoms with van der Waals surface area (Å²) in [7, 11) is 0. The first-order chi connectivity index (χ1) is 6.02. The molecule has 3 atom stereocenters. The highest BCUT2D eigenvalue weighted by atomic mass is 35.5. The van der Waals surface area contributed by atoms with Gasteiger partial charge in [-0.15, -0.1) is 0 Å². The van der Waals surface area contributed by atoms with Gasteiger partial charge in [-0.25, -0.2) is 0 Å². The van der Waals surface area contributed by atoms with Crippen molar-refractivity contribution in [2.24, 2.45) is 16.7 Å². The molecule has 2 aliphatic carbocycles. The molecule has 2 aliphatic rings. The fourth-order valence-corrected chi connectivity index (χ4v) is 3.61. The van der Waals surface area contributed by atoms with Gasteiger partial charge < -0.3 is 4.74 Å². The largest absolute Gasteiger partial charge is 0.362 e. The Morgan fingerprint density at radius 1 is 1.38 bits per heavy atom. The summed E-state index contributed by atoms with van der Waals surface area (Å²) >= 11 is 5.65. The van der Waals surface area contributed by atoms with E-state index in [0.29, 0.717) is 23.0 Å². The van der Waals surface area contributed by atoms with Crippen LogP contribution in [0.4, 0.5) is 0 Å². The van der Waals surface area contributed by atoms with Gasteiger partial charge in [0.05, 0.1) is 6.10 Å². The molecule has 1 nitrogen and oxygen atoms in total. The third-order valence-corrected chi connectivity index (χ3v) is 5.10. The van der Waals surface area contributed by atoms with E-state index in [4.69, 9.17) is 16.3 Å². The van der Waals surface area contributed by atoms with Crippen molar-refractivity contribution in [1.82, 2.24) is 0 Å². The van der Waals surface area contributed by atoms with E-state index in [1.165, 1.54) is 19.3 Å². The minimum absolute atomic E-state index is 0.350. The van der Waals surface area contributed by atoms with Crippen molar-refractivity contribution in [2.75, 3.05) is 6.07 Å². The number of ether oxygens (including phenoxy) is 1. The molecule has 0 unspecified atom stereocenters. The van der Waals surface area contributed by atoms with Crippen LogP contribution in [0.1, 0.15) is 40.0 Å². The third-order valence-electron chi connectivity index (χ3n) is 4.98. The van der Waals surface area contributed by atoms with E-state index in [-0.39, 0.29) is 0 Å². The molecular weight excluding hydrogens is 184 g/mol. The molecule has 2 fully saturated rings. The summed E-state index contributed by atoms with van der Waals surface area (Å²) in [6, 6.07) is 0.350. The van der Waals surface area contributed by atoms with Crippen molar-refractivity contribution >= 4 is 11.6 Å². The smallest absolute Gasteiger partial charge is 0.121 e. The molecule has 0 radical (unpaired) electrons. The zero-order valence-electron chi connectivity index (χ0n) is 8.77. The monoisotopic (exact) mass is 202 g/mol. The Morgan fingerprint density at radius 3 is 2.46 bits per heavy atom. The third kappa shape index (κ3) is 1.10. The van der Waals surface area contributed by atoms with E-state index in [1.54, 1.807) is 0 Å². The summed E-state index contributed by atoms with van der Waals surface area (Å²) in [5.41, 5.74) is 0.816. The number of halogens is 1. The topological polar surface area (TPSA) is 9.23 Å². The Kier molecular flexibility index (Phi) is 2.16. The molecule has 0 aromatic heterocycles. The van der Waals surface area contributed by atoms with Gasteiger partial charge in [0.1, 0.15) is 6.07 Å². The van der Waals surface area contributed by atoms with Crippen molar-refractivity contribution in [2.45, 2.75) is 46.1 Å². The van der Waals surface area contributed by atoms with Gasteiger partial charge in [-0.05, 0) is 36.0 Å². The van der Waals surface area contributed by atoms with Crippen molar-refractivity contribution in [3.63, 3.8) is 0 Å². The number of hydrogen-bond acceptors (Lipinski definition) is 1. The first kappa shape index (κ1) is 9.79. The molecule has 2 saturated carbocycles. The molecule has 13 heavy (non-hydrogen) atoms. The van der Waals surface area contributed by atoms with Gasteiger partial charge in [0, 0.05) is 0 Å². The van der Waals surface area contributed by atoms with Gasteiger partial charge in [0.2, 0.25) is 0 Å². The summed E-state index contributed by atoms with van der Waals surface area (Å²) in [4.78, 5) is 0. The van der Waals surface area contributed by atoms with Crippen LogP contribution in [-0.4, -0.2) is 12.2 Å². The van der Waals surface area contributed by atoms with E-state index in [9.17, 15) is 0 Å². The number of fused-ring (bicyclic) bond motifs is 2. The summed E-state index contributed by atoms with van der Waals surface area (Å²) in [6.07, 6.45) is 4.31. The quantitative estimate of drug-likeness (QED) is 0.624. The maximum Gasteiger partial charge on any atom is 0.121 e. The molecule has 0 amide bonds. The SMILES string of the molecule is CC1(C)[C@H]2CC[C@]1(C)[C@H](OCCl)C2. The molecule has 76 valence electrons. The van der Waals surface area contributed by atoms with Crippen LogP contribution in [0.15, 0.2) is 0 Å². The first-order valence-corrected chi connectivity index (χ1v) is 5.73. The fourth-order valence-electron chi connectivity index (χ4n) is 3.46. The Bertz CT molecular complexity index is 214. The molecule has 2 heteroatoms. The van der Waals surface area contributed by atoms with Crippen LogP contribution in [0.25, 0.3) is 0 Å². The second kappa shape index (κ2) is 2.87. The molecule has 0 saturated heterocycles. The zero-order chi connectivity index (χ0) is 9.69. The lowest BCUT2D eigenvalue weighted by Gasteiger charge is -2.38. The average Bonchev–Trinajstić information content (AvgIpc) is 2.37. The van der Waals surface area contributed by atoms with E-state index < -0.39 is 0 Å². The van der Waals surface area contributed by atoms with Gasteiger partial charge in [-0.2, -0.15) is 0 Å². The number of rotatable bonds is 2. The highest BCUT2D eigenvalue weighted by molar-refractivity contribution is 6.17. The fraction of sp³-hybridized carbons (Fsp3) is 1.00. The average molecular weight is 203 g/mol. The second-order valence-corrected chi connectivity index (χ2v) is 5.59. The molecule has 0 aromatic carbocycles. The number of alkyl halides is 1. The highest BCUT2D eigenvalue weighted by Crippen LogP contribution is 2.66. The van der Waals surface area contributed by atoms with Crippen molar-refractivity contribution < 1.29 is 4.74 Å². The van der Waals surface area contributed by atoms with Gasteiger partial charge in [-0.1, -0.05) is 32.4 Å². The predicted molar refractivity (Wildman–Crippen MR) is 54.8 cm³/mol. The van der Waals surface area contributed by atoms with Gasteiger partial charge >= 0.3 is 0 Å². The van der Waals surface area contributed by atoms with Crippen LogP contribution in [0.2, 0.25) is 0 Å². The van der Waals surface area contributed by atoms with Crippen molar-refractivity contribution in [3.8, 4) is 0 Å². The lowest BCUT2D eigenvalue weighted by molar-refractivity contribution is -0.0283. The van der Waals surface area contributed by atoms with E-state index in [2.05, 4.69) is 20.8 Å². The molecule has 0 spiro atoms. The summed E-state index contributed by atoms with van der Waals surface area (Å²) in [5.74, 6) is 0.853. The maximum absolute atomic E-state index is 5.65. The number of hydrogen-bond donors (Lipinski definition) is 0. The molecule has 0 N–H and O–H groups in total. The Morgan fingerprint density at radius 2 is 2.08 bits per heavy atom. The van der Waals surface area contributed by atoms with Crippen LogP contribution in [0, 0.1) is 16.7 Å². The lowest BCUT2D eigenvalue weighted by Crippen LogP contribution is -2.36. The first-order valence-electron chi connectivity index (χ1n) is 5.20. The van der Waals surface area contributed by atoms with Crippen LogP contribution in [-0.2, 0) is 4.74 Å². The zero-order valence-corrected chi connectivity index (χ0v) is 9.53. The van der Waals surface area contributed by atoms with Crippen molar-refractivity contribution in [1.29, 1.82) is 0 Å². The van der Waals surface area contributed by atoms with Gasteiger partial charge in [0.15, 0.2) is 0 Å². The molecule has 0 aliphatic heterocycles. The standard InChI is InChI=1S/C11H19ClO/c1-10(2)8-4-5-11(10,3)9(6-8)13-7-12/h8-9H,4-7H2,1-3H3/t8-,9+,11+/m0/s1. The maximum atomic E-state index is 5.65. The molecular formula is C11H19ClO. The van der Waals surface area contributed by atoms with Crippen LogP contribution >= 0.6 is 11.6 Å². The summed E-state index contributed by atoms with van der Waals surface area (Å²) in [6.45, 7) is 7.15. The second-order valence-electron chi connectivity index (χ2n) is 5.37. The highest BCUT2D eigenvalue weighted by Gasteiger charge is 2.61. The Hall–Kier alpha value is 0.250. The van der Waals surface area contributed by atoms with Gasteiger partial charge in [0.25, 0.3) is 0 Å². The van der Waals surface area contributed by atoms with Crippen LogP contribution < -0.4 is 0 Å². The Balaban J connectivity index is 2.22. The minimum atomic E-state index is 0.350. The van der Waals surface area contributed by atoms with E-state index in [0.717, 1.165) is 5.92 Å². The van der Waals surface area contributed by atoms with Crippen molar-refractivity contribution in [3.05, 3.63) is 0 Å². The van der Waals surface area contributed by atoms with E-state index >= 15 is 0 Å². The van der Waals surface area contributed by atoms with Crippen LogP contribution in [0.3, 0.4) is 0 Å². The lowest BCUT2D eigenvalue weighted by atomic mass is 9.70. The van der Waals surface area contributed by atoms with Crippen LogP contribution in [0.5, 0.6) is 0 Å². The molecule has 0 aromatic rings. The molecule has 2 bridgehead atoms.